The van der Waals surface area contributed by atoms with E-state index in [1.54, 1.807) is 0 Å². The molecule has 0 bridgehead atoms. The number of nitrogens with one attached hydrogen (secondary N) is 3. The van der Waals surface area contributed by atoms with E-state index in [0.717, 1.165) is 17.0 Å². The zero-order chi connectivity index (χ0) is 33.4. The summed E-state index contributed by atoms with van der Waals surface area (Å²) in [6.45, 7) is 4.71. The van der Waals surface area contributed by atoms with Gasteiger partial charge in [-0.05, 0) is 67.2 Å². The Bertz CT molecular complexity index is 2490. The lowest BCUT2D eigenvalue weighted by atomic mass is 9.82. The van der Waals surface area contributed by atoms with E-state index in [2.05, 4.69) is 175 Å². The molecule has 3 atom stereocenters. The van der Waals surface area contributed by atoms with Crippen molar-refractivity contribution in [1.82, 2.24) is 10.6 Å². The van der Waals surface area contributed by atoms with Crippen molar-refractivity contribution in [3.63, 3.8) is 0 Å². The van der Waals surface area contributed by atoms with Crippen LogP contribution in [0, 0.1) is 0 Å². The highest BCUT2D eigenvalue weighted by Gasteiger charge is 2.36. The fraction of sp³-hybridized carbons (Fsp3) is 0.133. The van der Waals surface area contributed by atoms with Crippen LogP contribution in [0.4, 0.5) is 5.69 Å². The van der Waals surface area contributed by atoms with Crippen molar-refractivity contribution in [3.05, 3.63) is 179 Å². The predicted molar refractivity (Wildman–Crippen MR) is 209 cm³/mol. The highest BCUT2D eigenvalue weighted by atomic mass is 32.2. The molecule has 0 amide bonds. The molecule has 0 saturated carbocycles. The van der Waals surface area contributed by atoms with Gasteiger partial charge in [0.05, 0.1) is 5.69 Å². The molecule has 1 aliphatic carbocycles. The van der Waals surface area contributed by atoms with Crippen molar-refractivity contribution in [1.29, 1.82) is 0 Å². The van der Waals surface area contributed by atoms with Gasteiger partial charge in [-0.2, -0.15) is 0 Å². The summed E-state index contributed by atoms with van der Waals surface area (Å²) in [5, 5.41) is 16.5. The van der Waals surface area contributed by atoms with E-state index >= 15 is 0 Å². The number of amidine groups is 1. The molecular formula is C45H36N4S. The molecule has 2 aliphatic heterocycles. The topological polar surface area (TPSA) is 48.5 Å². The summed E-state index contributed by atoms with van der Waals surface area (Å²) in [5.74, 6) is 0.891. The van der Waals surface area contributed by atoms with Gasteiger partial charge in [-0.15, -0.1) is 0 Å². The van der Waals surface area contributed by atoms with Crippen molar-refractivity contribution in [2.75, 3.05) is 5.32 Å². The molecule has 5 heteroatoms. The number of benzene rings is 7. The standard InChI is InChI=1S/C45H36N4S/c1-45(2)36-16-10-9-15-34(36)35-23-20-32(26-37(35)45)44-46-40-38(50-44)24-21-27-17-18-30-25-31(19-22-33(30)39(27)40)43-48-41(28-11-5-3-6-12-28)47-42(49-43)29-13-7-4-8-14-29/h3-26,41-42,44,46-47H,1-2H3,(H,48,49). The summed E-state index contributed by atoms with van der Waals surface area (Å²) in [7, 11) is 0. The van der Waals surface area contributed by atoms with Crippen LogP contribution >= 0.6 is 11.8 Å². The van der Waals surface area contributed by atoms with Gasteiger partial charge in [0.25, 0.3) is 0 Å². The van der Waals surface area contributed by atoms with Crippen LogP contribution in [-0.4, -0.2) is 5.84 Å². The molecule has 50 heavy (non-hydrogen) atoms. The first-order valence-electron chi connectivity index (χ1n) is 17.4. The van der Waals surface area contributed by atoms with Gasteiger partial charge in [-0.1, -0.05) is 159 Å². The molecule has 2 heterocycles. The molecule has 3 aliphatic rings. The van der Waals surface area contributed by atoms with E-state index in [0.29, 0.717) is 0 Å². The number of thioether (sulfide) groups is 1. The normalized spacial score (nSPS) is 20.0. The average Bonchev–Trinajstić information content (AvgIpc) is 3.71. The van der Waals surface area contributed by atoms with Crippen molar-refractivity contribution in [2.45, 2.75) is 41.9 Å². The number of hydrogen-bond acceptors (Lipinski definition) is 5. The highest BCUT2D eigenvalue weighted by molar-refractivity contribution is 8.00. The Morgan fingerprint density at radius 1 is 0.600 bits per heavy atom. The molecule has 0 saturated heterocycles. The Balaban J connectivity index is 1.01. The zero-order valence-corrected chi connectivity index (χ0v) is 28.8. The second-order valence-corrected chi connectivity index (χ2v) is 15.2. The molecule has 242 valence electrons. The van der Waals surface area contributed by atoms with Crippen molar-refractivity contribution >= 4 is 44.8 Å². The number of fused-ring (bicyclic) bond motifs is 8. The molecular weight excluding hydrogens is 629 g/mol. The van der Waals surface area contributed by atoms with Crippen LogP contribution in [0.15, 0.2) is 155 Å². The second kappa shape index (κ2) is 11.3. The predicted octanol–water partition coefficient (Wildman–Crippen LogP) is 10.9. The third-order valence-corrected chi connectivity index (χ3v) is 12.0. The minimum absolute atomic E-state index is 0.0194. The molecule has 0 aromatic heterocycles. The summed E-state index contributed by atoms with van der Waals surface area (Å²) in [6.07, 6.45) is -0.230. The lowest BCUT2D eigenvalue weighted by molar-refractivity contribution is 0.409. The zero-order valence-electron chi connectivity index (χ0n) is 27.9. The minimum Gasteiger partial charge on any atom is -0.368 e. The lowest BCUT2D eigenvalue weighted by Gasteiger charge is -2.32. The molecule has 0 fully saturated rings. The van der Waals surface area contributed by atoms with Crippen LogP contribution in [0.3, 0.4) is 0 Å². The Labute approximate surface area is 296 Å². The Hall–Kier alpha value is -5.36. The molecule has 3 N–H and O–H groups in total. The first-order chi connectivity index (χ1) is 24.5. The third kappa shape index (κ3) is 4.68. The van der Waals surface area contributed by atoms with Crippen molar-refractivity contribution < 1.29 is 0 Å². The average molecular weight is 665 g/mol. The number of nitrogens with zero attached hydrogens (tertiary/aromatic N) is 1. The maximum atomic E-state index is 5.20. The number of hydrogen-bond donors (Lipinski definition) is 3. The summed E-state index contributed by atoms with van der Waals surface area (Å²) in [4.78, 5) is 6.49. The van der Waals surface area contributed by atoms with Crippen LogP contribution in [0.1, 0.15) is 64.9 Å². The second-order valence-electron chi connectivity index (χ2n) is 14.1. The number of rotatable bonds is 4. The molecule has 7 aromatic rings. The van der Waals surface area contributed by atoms with E-state index in [4.69, 9.17) is 4.99 Å². The van der Waals surface area contributed by atoms with Crippen molar-refractivity contribution in [3.8, 4) is 11.1 Å². The highest BCUT2D eigenvalue weighted by Crippen LogP contribution is 2.53. The van der Waals surface area contributed by atoms with Crippen LogP contribution < -0.4 is 16.0 Å². The van der Waals surface area contributed by atoms with Crippen LogP contribution in [-0.2, 0) is 5.41 Å². The van der Waals surface area contributed by atoms with Crippen molar-refractivity contribution in [2.24, 2.45) is 4.99 Å². The van der Waals surface area contributed by atoms with E-state index in [9.17, 15) is 0 Å². The Kier molecular flexibility index (Phi) is 6.70. The molecule has 7 aromatic carbocycles. The minimum atomic E-state index is -0.162. The van der Waals surface area contributed by atoms with Gasteiger partial charge in [0.2, 0.25) is 0 Å². The number of aliphatic imine (C=N–C) groups is 1. The fourth-order valence-corrected chi connectivity index (χ4v) is 9.32. The van der Waals surface area contributed by atoms with Gasteiger partial charge in [0.15, 0.2) is 0 Å². The van der Waals surface area contributed by atoms with E-state index in [-0.39, 0.29) is 23.1 Å². The van der Waals surface area contributed by atoms with E-state index in [1.165, 1.54) is 65.5 Å². The summed E-state index contributed by atoms with van der Waals surface area (Å²) >= 11 is 1.92. The van der Waals surface area contributed by atoms with Gasteiger partial charge in [-0.3, -0.25) is 5.32 Å². The lowest BCUT2D eigenvalue weighted by Crippen LogP contribution is -2.44. The molecule has 0 spiro atoms. The Morgan fingerprint density at radius 3 is 2.16 bits per heavy atom. The van der Waals surface area contributed by atoms with E-state index in [1.807, 2.05) is 11.8 Å². The molecule has 3 unspecified atom stereocenters. The van der Waals surface area contributed by atoms with Crippen LogP contribution in [0.25, 0.3) is 32.7 Å². The Morgan fingerprint density at radius 2 is 1.32 bits per heavy atom. The van der Waals surface area contributed by atoms with Gasteiger partial charge in [-0.25, -0.2) is 4.99 Å². The van der Waals surface area contributed by atoms with Crippen LogP contribution in [0.2, 0.25) is 0 Å². The SMILES string of the molecule is CC1(C)c2ccccc2-c2ccc(C3Nc4c(ccc5ccc6cc(C7=NC(c8ccccc8)NC(c8ccccc8)N7)ccc6c45)S3)cc21. The molecule has 10 rings (SSSR count). The quantitative estimate of drug-likeness (QED) is 0.164. The largest absolute Gasteiger partial charge is 0.368 e. The first-order valence-corrected chi connectivity index (χ1v) is 18.3. The summed E-state index contributed by atoms with van der Waals surface area (Å²) < 4.78 is 0. The maximum absolute atomic E-state index is 5.20. The van der Waals surface area contributed by atoms with Gasteiger partial charge in [0.1, 0.15) is 23.5 Å². The maximum Gasteiger partial charge on any atom is 0.131 e. The van der Waals surface area contributed by atoms with Crippen LogP contribution in [0.5, 0.6) is 0 Å². The van der Waals surface area contributed by atoms with Gasteiger partial charge < -0.3 is 10.6 Å². The fourth-order valence-electron chi connectivity index (χ4n) is 8.18. The first kappa shape index (κ1) is 29.5. The summed E-state index contributed by atoms with van der Waals surface area (Å²) in [6, 6.07) is 52.8. The van der Waals surface area contributed by atoms with Gasteiger partial charge >= 0.3 is 0 Å². The molecule has 4 nitrogen and oxygen atoms in total. The smallest absolute Gasteiger partial charge is 0.131 e. The van der Waals surface area contributed by atoms with E-state index < -0.39 is 0 Å². The number of anilines is 1. The monoisotopic (exact) mass is 664 g/mol. The summed E-state index contributed by atoms with van der Waals surface area (Å²) in [5.41, 5.74) is 11.5. The van der Waals surface area contributed by atoms with Gasteiger partial charge in [0, 0.05) is 21.3 Å². The third-order valence-electron chi connectivity index (χ3n) is 10.8. The molecule has 0 radical (unpaired) electrons.